The molecule has 0 unspecified atom stereocenters. The molecule has 0 spiro atoms. The Morgan fingerprint density at radius 3 is 2.42 bits per heavy atom. The third-order valence-corrected chi connectivity index (χ3v) is 4.26. The van der Waals surface area contributed by atoms with Crippen LogP contribution in [-0.2, 0) is 4.79 Å². The highest BCUT2D eigenvalue weighted by Crippen LogP contribution is 2.26. The maximum absolute atomic E-state index is 12.1. The summed E-state index contributed by atoms with van der Waals surface area (Å²) in [4.78, 5) is 16.7. The van der Waals surface area contributed by atoms with Crippen LogP contribution in [0.15, 0.2) is 0 Å². The average Bonchev–Trinajstić information content (AvgIpc) is 2.32. The molecule has 112 valence electrons. The van der Waals surface area contributed by atoms with Crippen molar-refractivity contribution in [3.05, 3.63) is 0 Å². The van der Waals surface area contributed by atoms with Crippen molar-refractivity contribution in [1.82, 2.24) is 15.1 Å². The molecule has 1 aliphatic carbocycles. The number of nitrogens with zero attached hydrogens (tertiary/aromatic N) is 2. The summed E-state index contributed by atoms with van der Waals surface area (Å²) in [6, 6.07) is 1.30. The number of carbonyl (C=O) groups excluding carboxylic acids is 1. The minimum atomic E-state index is 0. The molecule has 0 radical (unpaired) electrons. The molecule has 2 rings (SSSR count). The summed E-state index contributed by atoms with van der Waals surface area (Å²) in [5.74, 6) is 0.335. The Kier molecular flexibility index (Phi) is 7.11. The van der Waals surface area contributed by atoms with Crippen molar-refractivity contribution in [2.45, 2.75) is 51.6 Å². The van der Waals surface area contributed by atoms with Crippen molar-refractivity contribution in [3.8, 4) is 0 Å². The second-order valence-electron chi connectivity index (χ2n) is 5.80. The molecule has 1 saturated heterocycles. The van der Waals surface area contributed by atoms with Gasteiger partial charge >= 0.3 is 0 Å². The van der Waals surface area contributed by atoms with Gasteiger partial charge in [0.15, 0.2) is 0 Å². The zero-order valence-electron chi connectivity index (χ0n) is 12.2. The smallest absolute Gasteiger partial charge is 0.223 e. The number of hydrogen-bond acceptors (Lipinski definition) is 3. The maximum Gasteiger partial charge on any atom is 0.223 e. The van der Waals surface area contributed by atoms with E-state index < -0.39 is 0 Å². The molecule has 1 saturated carbocycles. The van der Waals surface area contributed by atoms with Gasteiger partial charge in [0.25, 0.3) is 0 Å². The molecule has 19 heavy (non-hydrogen) atoms. The number of hydrogen-bond donors (Lipinski definition) is 1. The fourth-order valence-corrected chi connectivity index (χ4v) is 2.88. The van der Waals surface area contributed by atoms with Gasteiger partial charge in [-0.3, -0.25) is 9.69 Å². The third kappa shape index (κ3) is 4.62. The first-order valence-electron chi connectivity index (χ1n) is 7.42. The Balaban J connectivity index is 0.00000180. The van der Waals surface area contributed by atoms with Crippen molar-refractivity contribution in [2.75, 3.05) is 32.7 Å². The molecule has 1 heterocycles. The second kappa shape index (κ2) is 8.08. The Bertz CT molecular complexity index is 276. The highest BCUT2D eigenvalue weighted by molar-refractivity contribution is 5.85. The summed E-state index contributed by atoms with van der Waals surface area (Å²) in [7, 11) is 0. The van der Waals surface area contributed by atoms with E-state index in [4.69, 9.17) is 0 Å². The van der Waals surface area contributed by atoms with Gasteiger partial charge in [-0.25, -0.2) is 0 Å². The van der Waals surface area contributed by atoms with Gasteiger partial charge in [-0.05, 0) is 26.7 Å². The van der Waals surface area contributed by atoms with Crippen LogP contribution in [0, 0.1) is 0 Å². The molecule has 1 amide bonds. The summed E-state index contributed by atoms with van der Waals surface area (Å²) in [5, 5.41) is 3.28. The molecular formula is C14H28ClN3O. The number of carbonyl (C=O) groups is 1. The topological polar surface area (TPSA) is 35.6 Å². The van der Waals surface area contributed by atoms with Crippen LogP contribution in [-0.4, -0.2) is 60.5 Å². The van der Waals surface area contributed by atoms with E-state index in [1.165, 1.54) is 19.3 Å². The third-order valence-electron chi connectivity index (χ3n) is 4.26. The SMILES string of the molecule is CC(C)N(CCC(=O)N1CCNCC1)C1CCC1.Cl. The molecule has 2 fully saturated rings. The highest BCUT2D eigenvalue weighted by Gasteiger charge is 2.27. The Labute approximate surface area is 123 Å². The van der Waals surface area contributed by atoms with Gasteiger partial charge in [-0.2, -0.15) is 0 Å². The summed E-state index contributed by atoms with van der Waals surface area (Å²) >= 11 is 0. The Hall–Kier alpha value is -0.320. The molecule has 1 aliphatic heterocycles. The van der Waals surface area contributed by atoms with Gasteiger partial charge in [0.2, 0.25) is 5.91 Å². The molecule has 0 bridgehead atoms. The number of halogens is 1. The van der Waals surface area contributed by atoms with Crippen molar-refractivity contribution in [1.29, 1.82) is 0 Å². The lowest BCUT2D eigenvalue weighted by molar-refractivity contribution is -0.132. The average molecular weight is 290 g/mol. The Morgan fingerprint density at radius 1 is 1.32 bits per heavy atom. The molecule has 1 N–H and O–H groups in total. The first kappa shape index (κ1) is 16.7. The van der Waals surface area contributed by atoms with Crippen LogP contribution >= 0.6 is 12.4 Å². The molecular weight excluding hydrogens is 262 g/mol. The van der Waals surface area contributed by atoms with Crippen molar-refractivity contribution < 1.29 is 4.79 Å². The van der Waals surface area contributed by atoms with Crippen LogP contribution in [0.5, 0.6) is 0 Å². The summed E-state index contributed by atoms with van der Waals surface area (Å²) in [5.41, 5.74) is 0. The van der Waals surface area contributed by atoms with Crippen LogP contribution in [0.4, 0.5) is 0 Å². The molecule has 0 aromatic heterocycles. The lowest BCUT2D eigenvalue weighted by Gasteiger charge is -2.40. The van der Waals surface area contributed by atoms with E-state index >= 15 is 0 Å². The lowest BCUT2D eigenvalue weighted by atomic mass is 9.90. The van der Waals surface area contributed by atoms with Gasteiger partial charge in [0.05, 0.1) is 0 Å². The maximum atomic E-state index is 12.1. The number of amides is 1. The van der Waals surface area contributed by atoms with Crippen LogP contribution < -0.4 is 5.32 Å². The first-order chi connectivity index (χ1) is 8.68. The first-order valence-corrected chi connectivity index (χ1v) is 7.42. The number of rotatable bonds is 5. The van der Waals surface area contributed by atoms with Gasteiger partial charge in [0.1, 0.15) is 0 Å². The fourth-order valence-electron chi connectivity index (χ4n) is 2.88. The molecule has 2 aliphatic rings. The van der Waals surface area contributed by atoms with Gasteiger partial charge in [0, 0.05) is 51.2 Å². The zero-order chi connectivity index (χ0) is 13.0. The second-order valence-corrected chi connectivity index (χ2v) is 5.80. The summed E-state index contributed by atoms with van der Waals surface area (Å²) in [6.07, 6.45) is 4.69. The largest absolute Gasteiger partial charge is 0.340 e. The van der Waals surface area contributed by atoms with Crippen LogP contribution in [0.25, 0.3) is 0 Å². The van der Waals surface area contributed by atoms with E-state index in [0.717, 1.165) is 38.8 Å². The number of nitrogens with one attached hydrogen (secondary N) is 1. The number of piperazine rings is 1. The lowest BCUT2D eigenvalue weighted by Crippen LogP contribution is -2.49. The highest BCUT2D eigenvalue weighted by atomic mass is 35.5. The van der Waals surface area contributed by atoms with E-state index in [-0.39, 0.29) is 12.4 Å². The fraction of sp³-hybridized carbons (Fsp3) is 0.929. The predicted molar refractivity (Wildman–Crippen MR) is 80.8 cm³/mol. The van der Waals surface area contributed by atoms with Crippen molar-refractivity contribution in [2.24, 2.45) is 0 Å². The van der Waals surface area contributed by atoms with Gasteiger partial charge < -0.3 is 10.2 Å². The normalized spacial score (nSPS) is 20.3. The minimum absolute atomic E-state index is 0. The molecule has 0 atom stereocenters. The van der Waals surface area contributed by atoms with Gasteiger partial charge in [-0.1, -0.05) is 6.42 Å². The minimum Gasteiger partial charge on any atom is -0.340 e. The van der Waals surface area contributed by atoms with Crippen molar-refractivity contribution in [3.63, 3.8) is 0 Å². The molecule has 4 nitrogen and oxygen atoms in total. The monoisotopic (exact) mass is 289 g/mol. The van der Waals surface area contributed by atoms with E-state index in [0.29, 0.717) is 18.4 Å². The zero-order valence-corrected chi connectivity index (χ0v) is 13.0. The van der Waals surface area contributed by atoms with Crippen LogP contribution in [0.2, 0.25) is 0 Å². The van der Waals surface area contributed by atoms with Crippen LogP contribution in [0.1, 0.15) is 39.5 Å². The van der Waals surface area contributed by atoms with E-state index in [1.807, 2.05) is 4.90 Å². The molecule has 0 aromatic rings. The molecule has 0 aromatic carbocycles. The predicted octanol–water partition coefficient (Wildman–Crippen LogP) is 1.49. The molecule has 5 heteroatoms. The summed E-state index contributed by atoms with van der Waals surface area (Å²) in [6.45, 7) is 9.07. The van der Waals surface area contributed by atoms with E-state index in [2.05, 4.69) is 24.1 Å². The standard InChI is InChI=1S/C14H27N3O.ClH/c1-12(2)17(13-4-3-5-13)9-6-14(18)16-10-7-15-8-11-16;/h12-13,15H,3-11H2,1-2H3;1H. The summed E-state index contributed by atoms with van der Waals surface area (Å²) < 4.78 is 0. The van der Waals surface area contributed by atoms with Crippen LogP contribution in [0.3, 0.4) is 0 Å². The van der Waals surface area contributed by atoms with E-state index in [9.17, 15) is 4.79 Å². The van der Waals surface area contributed by atoms with Crippen molar-refractivity contribution >= 4 is 18.3 Å². The van der Waals surface area contributed by atoms with E-state index in [1.54, 1.807) is 0 Å². The quantitative estimate of drug-likeness (QED) is 0.833. The Morgan fingerprint density at radius 2 is 1.95 bits per heavy atom. The van der Waals surface area contributed by atoms with Gasteiger partial charge in [-0.15, -0.1) is 12.4 Å².